The Balaban J connectivity index is 2.45. The molecule has 0 bridgehead atoms. The van der Waals surface area contributed by atoms with Crippen LogP contribution >= 0.6 is 0 Å². The molecule has 1 N–H and O–H groups in total. The summed E-state index contributed by atoms with van der Waals surface area (Å²) in [5, 5.41) is 12.0. The molecule has 0 unspecified atom stereocenters. The molecule has 0 saturated heterocycles. The van der Waals surface area contributed by atoms with Crippen LogP contribution in [0.2, 0.25) is 0 Å². The normalized spacial score (nSPS) is 9.09. The van der Waals surface area contributed by atoms with Crippen molar-refractivity contribution in [2.45, 2.75) is 6.54 Å². The molecule has 4 nitrogen and oxygen atoms in total. The van der Waals surface area contributed by atoms with Gasteiger partial charge >= 0.3 is 0 Å². The van der Waals surface area contributed by atoms with Crippen molar-refractivity contribution < 1.29 is 9.90 Å². The topological polar surface area (TPSA) is 65.0 Å². The molecule has 0 spiro atoms. The predicted molar refractivity (Wildman–Crippen MR) is 36.5 cm³/mol. The maximum absolute atomic E-state index is 9.92. The molecule has 0 fully saturated rings. The van der Waals surface area contributed by atoms with Crippen LogP contribution in [-0.2, 0) is 6.54 Å². The molecule has 0 saturated carbocycles. The van der Waals surface area contributed by atoms with Gasteiger partial charge in [0.2, 0.25) is 0 Å². The molecule has 0 aromatic carbocycles. The Morgan fingerprint density at radius 1 is 1.64 bits per heavy atom. The summed E-state index contributed by atoms with van der Waals surface area (Å²) in [5.41, 5.74) is 0.678. The van der Waals surface area contributed by atoms with Crippen LogP contribution in [0, 0.1) is 0 Å². The van der Waals surface area contributed by atoms with Gasteiger partial charge in [-0.3, -0.25) is 4.98 Å². The van der Waals surface area contributed by atoms with Gasteiger partial charge in [0.15, 0.2) is 0 Å². The molecule has 0 aliphatic heterocycles. The summed E-state index contributed by atoms with van der Waals surface area (Å²) in [7, 11) is 0. The third kappa shape index (κ3) is 2.66. The molecule has 0 aliphatic carbocycles. The van der Waals surface area contributed by atoms with Gasteiger partial charge < -0.3 is 15.2 Å². The van der Waals surface area contributed by atoms with Gasteiger partial charge in [0.25, 0.3) is 0 Å². The van der Waals surface area contributed by atoms with E-state index in [9.17, 15) is 9.90 Å². The summed E-state index contributed by atoms with van der Waals surface area (Å²) >= 11 is 0. The van der Waals surface area contributed by atoms with Crippen molar-refractivity contribution in [1.82, 2.24) is 10.3 Å². The van der Waals surface area contributed by atoms with Crippen molar-refractivity contribution in [2.24, 2.45) is 0 Å². The molecule has 0 atom stereocenters. The second-order valence-electron chi connectivity index (χ2n) is 1.96. The number of hydrogen-bond donors (Lipinski definition) is 1. The molecular formula is C7H7N2O2-. The first-order chi connectivity index (χ1) is 5.29. The second-order valence-corrected chi connectivity index (χ2v) is 1.96. The molecule has 1 amide bonds. The molecule has 58 valence electrons. The maximum Gasteiger partial charge on any atom is 0.134 e. The Morgan fingerprint density at radius 3 is 3.00 bits per heavy atom. The Labute approximate surface area is 63.9 Å². The quantitative estimate of drug-likeness (QED) is 0.620. The first-order valence-corrected chi connectivity index (χ1v) is 3.14. The molecule has 11 heavy (non-hydrogen) atoms. The summed E-state index contributed by atoms with van der Waals surface area (Å²) < 4.78 is 0. The number of rotatable bonds is 2. The van der Waals surface area contributed by atoms with E-state index in [2.05, 4.69) is 10.3 Å². The number of nitrogens with zero attached hydrogens (tertiary/aromatic N) is 1. The van der Waals surface area contributed by atoms with Crippen LogP contribution in [0.4, 0.5) is 4.79 Å². The molecule has 1 aromatic rings. The minimum absolute atomic E-state index is 0.198. The molecule has 0 radical (unpaired) electrons. The predicted octanol–water partition coefficient (Wildman–Crippen LogP) is -0.486. The van der Waals surface area contributed by atoms with Crippen LogP contribution in [0.1, 0.15) is 5.69 Å². The van der Waals surface area contributed by atoms with Gasteiger partial charge in [-0.2, -0.15) is 0 Å². The van der Waals surface area contributed by atoms with Gasteiger partial charge in [0.05, 0.1) is 12.2 Å². The highest BCUT2D eigenvalue weighted by atomic mass is 16.4. The third-order valence-corrected chi connectivity index (χ3v) is 1.14. The molecular weight excluding hydrogens is 144 g/mol. The number of carboxylic acid groups (broad SMARTS) is 1. The molecule has 1 rings (SSSR count). The highest BCUT2D eigenvalue weighted by molar-refractivity contribution is 5.61. The Bertz CT molecular complexity index is 235. The number of pyridine rings is 1. The van der Waals surface area contributed by atoms with E-state index in [1.165, 1.54) is 0 Å². The van der Waals surface area contributed by atoms with Crippen LogP contribution in [-0.4, -0.2) is 11.1 Å². The summed E-state index contributed by atoms with van der Waals surface area (Å²) in [6.45, 7) is 0.198. The summed E-state index contributed by atoms with van der Waals surface area (Å²) in [5.74, 6) is 0. The van der Waals surface area contributed by atoms with Gasteiger partial charge in [-0.25, -0.2) is 0 Å². The fourth-order valence-corrected chi connectivity index (χ4v) is 0.665. The number of hydrogen-bond acceptors (Lipinski definition) is 3. The fourth-order valence-electron chi connectivity index (χ4n) is 0.665. The molecule has 0 aliphatic rings. The minimum atomic E-state index is -1.28. The number of aromatic nitrogens is 1. The van der Waals surface area contributed by atoms with Crippen LogP contribution in [0.3, 0.4) is 0 Å². The lowest BCUT2D eigenvalue weighted by Crippen LogP contribution is -2.36. The van der Waals surface area contributed by atoms with Crippen molar-refractivity contribution in [3.05, 3.63) is 30.1 Å². The van der Waals surface area contributed by atoms with Crippen LogP contribution in [0.15, 0.2) is 24.4 Å². The molecule has 4 heteroatoms. The highest BCUT2D eigenvalue weighted by Crippen LogP contribution is 1.90. The number of carbonyl (C=O) groups is 1. The largest absolute Gasteiger partial charge is 0.530 e. The lowest BCUT2D eigenvalue weighted by Gasteiger charge is -2.04. The van der Waals surface area contributed by atoms with E-state index in [-0.39, 0.29) is 6.54 Å². The average Bonchev–Trinajstić information content (AvgIpc) is 2.03. The number of amides is 1. The van der Waals surface area contributed by atoms with Gasteiger partial charge in [-0.15, -0.1) is 0 Å². The van der Waals surface area contributed by atoms with E-state index >= 15 is 0 Å². The first kappa shape index (κ1) is 7.53. The van der Waals surface area contributed by atoms with Crippen molar-refractivity contribution in [1.29, 1.82) is 0 Å². The fraction of sp³-hybridized carbons (Fsp3) is 0.143. The van der Waals surface area contributed by atoms with Gasteiger partial charge in [0.1, 0.15) is 6.09 Å². The van der Waals surface area contributed by atoms with E-state index in [0.717, 1.165) is 0 Å². The maximum atomic E-state index is 9.92. The minimum Gasteiger partial charge on any atom is -0.530 e. The van der Waals surface area contributed by atoms with E-state index in [1.54, 1.807) is 24.4 Å². The third-order valence-electron chi connectivity index (χ3n) is 1.14. The summed E-state index contributed by atoms with van der Waals surface area (Å²) in [6, 6.07) is 5.29. The monoisotopic (exact) mass is 151 g/mol. The van der Waals surface area contributed by atoms with Gasteiger partial charge in [-0.1, -0.05) is 6.07 Å². The lowest BCUT2D eigenvalue weighted by molar-refractivity contribution is -0.251. The zero-order chi connectivity index (χ0) is 8.10. The van der Waals surface area contributed by atoms with Gasteiger partial charge in [0, 0.05) is 6.20 Å². The van der Waals surface area contributed by atoms with Gasteiger partial charge in [-0.05, 0) is 12.1 Å². The van der Waals surface area contributed by atoms with Crippen LogP contribution in [0.25, 0.3) is 0 Å². The number of nitrogens with one attached hydrogen (secondary N) is 1. The van der Waals surface area contributed by atoms with Crippen LogP contribution < -0.4 is 10.4 Å². The van der Waals surface area contributed by atoms with Crippen LogP contribution in [0.5, 0.6) is 0 Å². The molecule has 1 aromatic heterocycles. The Hall–Kier alpha value is -1.58. The number of carbonyl (C=O) groups excluding carboxylic acids is 1. The van der Waals surface area contributed by atoms with E-state index in [0.29, 0.717) is 5.69 Å². The standard InChI is InChI=1S/C7H8N2O2/c10-7(11)9-5-6-3-1-2-4-8-6/h1-4,9H,5H2,(H,10,11)/p-1. The second kappa shape index (κ2) is 3.55. The highest BCUT2D eigenvalue weighted by Gasteiger charge is 1.89. The average molecular weight is 151 g/mol. The zero-order valence-electron chi connectivity index (χ0n) is 5.78. The van der Waals surface area contributed by atoms with Crippen molar-refractivity contribution in [3.8, 4) is 0 Å². The zero-order valence-corrected chi connectivity index (χ0v) is 5.78. The van der Waals surface area contributed by atoms with Crippen molar-refractivity contribution in [3.63, 3.8) is 0 Å². The summed E-state index contributed by atoms with van der Waals surface area (Å²) in [6.07, 6.45) is 0.322. The Kier molecular flexibility index (Phi) is 2.43. The molecule has 1 heterocycles. The summed E-state index contributed by atoms with van der Waals surface area (Å²) in [4.78, 5) is 13.8. The van der Waals surface area contributed by atoms with E-state index < -0.39 is 6.09 Å². The SMILES string of the molecule is O=C([O-])NCc1ccccn1. The Morgan fingerprint density at radius 2 is 2.45 bits per heavy atom. The van der Waals surface area contributed by atoms with Crippen molar-refractivity contribution >= 4 is 6.09 Å². The van der Waals surface area contributed by atoms with Crippen molar-refractivity contribution in [2.75, 3.05) is 0 Å². The lowest BCUT2D eigenvalue weighted by atomic mass is 10.3. The van der Waals surface area contributed by atoms with E-state index in [4.69, 9.17) is 0 Å². The van der Waals surface area contributed by atoms with E-state index in [1.807, 2.05) is 0 Å². The smallest absolute Gasteiger partial charge is 0.134 e. The first-order valence-electron chi connectivity index (χ1n) is 3.14.